The molecule has 3 heteroatoms. The van der Waals surface area contributed by atoms with Crippen LogP contribution >= 0.6 is 11.8 Å². The predicted octanol–water partition coefficient (Wildman–Crippen LogP) is 2.50. The van der Waals surface area contributed by atoms with E-state index in [1.54, 1.807) is 0 Å². The fraction of sp³-hybridized carbons (Fsp3) is 1.00. The molecule has 0 radical (unpaired) electrons. The van der Waals surface area contributed by atoms with Gasteiger partial charge < -0.3 is 4.90 Å². The molecule has 0 bridgehead atoms. The van der Waals surface area contributed by atoms with Crippen molar-refractivity contribution >= 4 is 11.8 Å². The largest absolute Gasteiger partial charge is 0.306 e. The van der Waals surface area contributed by atoms with Crippen LogP contribution in [0.3, 0.4) is 0 Å². The van der Waals surface area contributed by atoms with E-state index in [4.69, 9.17) is 0 Å². The third-order valence-corrected chi connectivity index (χ3v) is 5.31. The number of hydrogen-bond donors (Lipinski definition) is 0. The first-order valence-corrected chi connectivity index (χ1v) is 7.80. The van der Waals surface area contributed by atoms with Crippen molar-refractivity contribution in [2.24, 2.45) is 5.92 Å². The molecular formula is C13H26N2S. The first kappa shape index (κ1) is 12.7. The quantitative estimate of drug-likeness (QED) is 0.748. The van der Waals surface area contributed by atoms with Gasteiger partial charge in [-0.3, -0.25) is 4.90 Å². The van der Waals surface area contributed by atoms with Gasteiger partial charge in [0.05, 0.1) is 0 Å². The molecule has 2 fully saturated rings. The third kappa shape index (κ3) is 3.14. The van der Waals surface area contributed by atoms with Crippen molar-refractivity contribution in [2.75, 3.05) is 32.3 Å². The second-order valence-corrected chi connectivity index (χ2v) is 6.81. The number of rotatable bonds is 4. The average molecular weight is 242 g/mol. The molecule has 16 heavy (non-hydrogen) atoms. The van der Waals surface area contributed by atoms with Crippen LogP contribution in [0.2, 0.25) is 0 Å². The zero-order chi connectivity index (χ0) is 11.5. The fourth-order valence-corrected chi connectivity index (χ4v) is 4.25. The van der Waals surface area contributed by atoms with E-state index in [1.165, 1.54) is 43.9 Å². The molecule has 0 aromatic rings. The lowest BCUT2D eigenvalue weighted by molar-refractivity contribution is 0.224. The molecular weight excluding hydrogens is 216 g/mol. The second kappa shape index (κ2) is 5.74. The summed E-state index contributed by atoms with van der Waals surface area (Å²) in [6.07, 6.45) is 5.72. The summed E-state index contributed by atoms with van der Waals surface area (Å²) in [5, 5.41) is 0. The summed E-state index contributed by atoms with van der Waals surface area (Å²) >= 11 is 2.09. The van der Waals surface area contributed by atoms with E-state index in [2.05, 4.69) is 42.6 Å². The van der Waals surface area contributed by atoms with E-state index in [0.717, 1.165) is 18.0 Å². The standard InChI is InChI=1S/C13H26N2S/c1-11(15-6-7-16-10-15)8-12-4-5-13(9-12)14(2)3/h11-13H,4-10H2,1-3H3. The molecule has 0 aromatic heterocycles. The van der Waals surface area contributed by atoms with Gasteiger partial charge >= 0.3 is 0 Å². The Morgan fingerprint density at radius 3 is 2.75 bits per heavy atom. The molecule has 0 spiro atoms. The lowest BCUT2D eigenvalue weighted by atomic mass is 9.98. The smallest absolute Gasteiger partial charge is 0.0447 e. The van der Waals surface area contributed by atoms with E-state index < -0.39 is 0 Å². The summed E-state index contributed by atoms with van der Waals surface area (Å²) in [7, 11) is 4.46. The Labute approximate surface area is 105 Å². The van der Waals surface area contributed by atoms with Crippen LogP contribution in [-0.2, 0) is 0 Å². The van der Waals surface area contributed by atoms with Gasteiger partial charge in [0, 0.05) is 30.3 Å². The lowest BCUT2D eigenvalue weighted by Crippen LogP contribution is -2.32. The number of hydrogen-bond acceptors (Lipinski definition) is 3. The molecule has 2 aliphatic rings. The summed E-state index contributed by atoms with van der Waals surface area (Å²) in [5.41, 5.74) is 0. The van der Waals surface area contributed by atoms with Gasteiger partial charge in [0.15, 0.2) is 0 Å². The molecule has 1 aliphatic carbocycles. The molecule has 0 N–H and O–H groups in total. The summed E-state index contributed by atoms with van der Waals surface area (Å²) in [6.45, 7) is 3.74. The van der Waals surface area contributed by atoms with Gasteiger partial charge in [0.25, 0.3) is 0 Å². The van der Waals surface area contributed by atoms with Crippen LogP contribution in [-0.4, -0.2) is 54.2 Å². The maximum Gasteiger partial charge on any atom is 0.0447 e. The van der Waals surface area contributed by atoms with Crippen molar-refractivity contribution in [3.05, 3.63) is 0 Å². The molecule has 94 valence electrons. The van der Waals surface area contributed by atoms with E-state index in [0.29, 0.717) is 0 Å². The summed E-state index contributed by atoms with van der Waals surface area (Å²) < 4.78 is 0. The molecule has 1 heterocycles. The molecule has 3 atom stereocenters. The Bertz CT molecular complexity index is 214. The highest BCUT2D eigenvalue weighted by molar-refractivity contribution is 7.99. The minimum absolute atomic E-state index is 0.806. The second-order valence-electron chi connectivity index (χ2n) is 5.73. The topological polar surface area (TPSA) is 6.48 Å². The Kier molecular flexibility index (Phi) is 4.57. The van der Waals surface area contributed by atoms with Crippen LogP contribution in [0.5, 0.6) is 0 Å². The molecule has 2 rings (SSSR count). The molecule has 3 unspecified atom stereocenters. The molecule has 0 aromatic carbocycles. The predicted molar refractivity (Wildman–Crippen MR) is 72.9 cm³/mol. The maximum atomic E-state index is 2.66. The normalized spacial score (nSPS) is 33.8. The zero-order valence-corrected chi connectivity index (χ0v) is 11.8. The zero-order valence-electron chi connectivity index (χ0n) is 11.0. The minimum atomic E-state index is 0.806. The average Bonchev–Trinajstić information content (AvgIpc) is 2.87. The molecule has 1 saturated carbocycles. The highest BCUT2D eigenvalue weighted by Gasteiger charge is 2.29. The van der Waals surface area contributed by atoms with E-state index in [-0.39, 0.29) is 0 Å². The first-order chi connectivity index (χ1) is 7.66. The first-order valence-electron chi connectivity index (χ1n) is 6.65. The Hall–Kier alpha value is 0.270. The van der Waals surface area contributed by atoms with Crippen molar-refractivity contribution in [1.29, 1.82) is 0 Å². The van der Waals surface area contributed by atoms with E-state index in [1.807, 2.05) is 0 Å². The third-order valence-electron chi connectivity index (χ3n) is 4.32. The van der Waals surface area contributed by atoms with E-state index in [9.17, 15) is 0 Å². The monoisotopic (exact) mass is 242 g/mol. The summed E-state index contributed by atoms with van der Waals surface area (Å²) in [5.74, 6) is 3.59. The van der Waals surface area contributed by atoms with Gasteiger partial charge in [-0.05, 0) is 52.6 Å². The Morgan fingerprint density at radius 1 is 1.38 bits per heavy atom. The van der Waals surface area contributed by atoms with Gasteiger partial charge in [-0.1, -0.05) is 0 Å². The summed E-state index contributed by atoms with van der Waals surface area (Å²) in [4.78, 5) is 5.07. The fourth-order valence-electron chi connectivity index (χ4n) is 3.14. The van der Waals surface area contributed by atoms with Crippen LogP contribution < -0.4 is 0 Å². The summed E-state index contributed by atoms with van der Waals surface area (Å²) in [6, 6.07) is 1.66. The lowest BCUT2D eigenvalue weighted by Gasteiger charge is -2.26. The molecule has 0 amide bonds. The molecule has 1 saturated heterocycles. The SMILES string of the molecule is CC(CC1CCC(N(C)C)C1)N1CCSC1. The minimum Gasteiger partial charge on any atom is -0.306 e. The van der Waals surface area contributed by atoms with Crippen LogP contribution in [0.4, 0.5) is 0 Å². The molecule has 2 nitrogen and oxygen atoms in total. The maximum absolute atomic E-state index is 2.66. The van der Waals surface area contributed by atoms with E-state index >= 15 is 0 Å². The van der Waals surface area contributed by atoms with Crippen molar-refractivity contribution in [1.82, 2.24) is 9.80 Å². The highest BCUT2D eigenvalue weighted by Crippen LogP contribution is 2.33. The van der Waals surface area contributed by atoms with Crippen molar-refractivity contribution in [3.63, 3.8) is 0 Å². The number of thioether (sulfide) groups is 1. The van der Waals surface area contributed by atoms with Crippen molar-refractivity contribution in [2.45, 2.75) is 44.7 Å². The Balaban J connectivity index is 1.73. The van der Waals surface area contributed by atoms with Crippen molar-refractivity contribution in [3.8, 4) is 0 Å². The van der Waals surface area contributed by atoms with Gasteiger partial charge in [0.1, 0.15) is 0 Å². The van der Waals surface area contributed by atoms with Crippen LogP contribution in [0, 0.1) is 5.92 Å². The van der Waals surface area contributed by atoms with Crippen LogP contribution in [0.1, 0.15) is 32.6 Å². The van der Waals surface area contributed by atoms with Gasteiger partial charge in [-0.15, -0.1) is 11.8 Å². The Morgan fingerprint density at radius 2 is 2.19 bits per heavy atom. The number of nitrogens with zero attached hydrogens (tertiary/aromatic N) is 2. The van der Waals surface area contributed by atoms with Gasteiger partial charge in [0.2, 0.25) is 0 Å². The van der Waals surface area contributed by atoms with Gasteiger partial charge in [-0.2, -0.15) is 0 Å². The van der Waals surface area contributed by atoms with Crippen LogP contribution in [0.15, 0.2) is 0 Å². The van der Waals surface area contributed by atoms with Gasteiger partial charge in [-0.25, -0.2) is 0 Å². The highest BCUT2D eigenvalue weighted by atomic mass is 32.2. The van der Waals surface area contributed by atoms with Crippen LogP contribution in [0.25, 0.3) is 0 Å². The van der Waals surface area contributed by atoms with Crippen molar-refractivity contribution < 1.29 is 0 Å². The molecule has 1 aliphatic heterocycles.